The lowest BCUT2D eigenvalue weighted by atomic mass is 9.92. The summed E-state index contributed by atoms with van der Waals surface area (Å²) in [5.41, 5.74) is 1.28. The summed E-state index contributed by atoms with van der Waals surface area (Å²) in [6.07, 6.45) is 3.04. The average molecular weight is 466 g/mol. The Labute approximate surface area is 202 Å². The SMILES string of the molecule is C=CCNC(=S)Nc1nc(N2CCN(c3ccccc3)CC2)cc(N2C[C@@H](C)C[C@H](C)C2)n1. The maximum absolute atomic E-state index is 5.42. The number of piperazine rings is 1. The standard InChI is InChI=1S/C25H35N7S/c1-4-10-26-25(33)29-24-27-22(16-23(28-24)32-17-19(2)15-20(3)18-32)31-13-11-30(12-14-31)21-8-6-5-7-9-21/h4-9,16,19-20H,1,10-15,17-18H2,2-3H3,(H2,26,27,28,29,33)/t19-,20-/m0/s1. The van der Waals surface area contributed by atoms with Gasteiger partial charge in [-0.3, -0.25) is 0 Å². The van der Waals surface area contributed by atoms with Crippen LogP contribution in [0.4, 0.5) is 23.3 Å². The molecular weight excluding hydrogens is 430 g/mol. The number of rotatable bonds is 6. The molecule has 0 bridgehead atoms. The van der Waals surface area contributed by atoms with Crippen molar-refractivity contribution in [1.29, 1.82) is 0 Å². The van der Waals surface area contributed by atoms with E-state index in [9.17, 15) is 0 Å². The Morgan fingerprint density at radius 1 is 1.00 bits per heavy atom. The minimum absolute atomic E-state index is 0.507. The second kappa shape index (κ2) is 10.8. The monoisotopic (exact) mass is 465 g/mol. The predicted octanol–water partition coefficient (Wildman–Crippen LogP) is 3.76. The zero-order valence-electron chi connectivity index (χ0n) is 19.7. The molecule has 2 aliphatic rings. The van der Waals surface area contributed by atoms with E-state index in [0.717, 1.165) is 50.9 Å². The summed E-state index contributed by atoms with van der Waals surface area (Å²) in [7, 11) is 0. The average Bonchev–Trinajstić information content (AvgIpc) is 2.82. The number of anilines is 4. The molecule has 176 valence electrons. The van der Waals surface area contributed by atoms with Crippen molar-refractivity contribution in [2.75, 3.05) is 65.8 Å². The van der Waals surface area contributed by atoms with Gasteiger partial charge >= 0.3 is 0 Å². The summed E-state index contributed by atoms with van der Waals surface area (Å²) in [4.78, 5) is 16.9. The molecule has 0 amide bonds. The van der Waals surface area contributed by atoms with Crippen LogP contribution in [0, 0.1) is 11.8 Å². The summed E-state index contributed by atoms with van der Waals surface area (Å²) in [5.74, 6) is 3.76. The molecule has 7 nitrogen and oxygen atoms in total. The number of piperidine rings is 1. The first kappa shape index (κ1) is 23.3. The molecule has 2 aromatic rings. The van der Waals surface area contributed by atoms with Gasteiger partial charge in [-0.05, 0) is 42.6 Å². The van der Waals surface area contributed by atoms with Gasteiger partial charge < -0.3 is 25.3 Å². The largest absolute Gasteiger partial charge is 0.368 e. The van der Waals surface area contributed by atoms with E-state index in [1.54, 1.807) is 6.08 Å². The first-order chi connectivity index (χ1) is 16.0. The number of nitrogens with zero attached hydrogens (tertiary/aromatic N) is 5. The number of para-hydroxylation sites is 1. The Hall–Kier alpha value is -2.87. The molecule has 2 saturated heterocycles. The van der Waals surface area contributed by atoms with Crippen molar-refractivity contribution >= 4 is 40.6 Å². The normalized spacial score (nSPS) is 21.0. The van der Waals surface area contributed by atoms with Crippen molar-refractivity contribution in [2.24, 2.45) is 11.8 Å². The Kier molecular flexibility index (Phi) is 7.65. The van der Waals surface area contributed by atoms with E-state index in [-0.39, 0.29) is 0 Å². The van der Waals surface area contributed by atoms with Crippen LogP contribution in [0.15, 0.2) is 49.1 Å². The molecule has 2 aliphatic heterocycles. The van der Waals surface area contributed by atoms with Crippen LogP contribution in [0.25, 0.3) is 0 Å². The molecule has 3 heterocycles. The van der Waals surface area contributed by atoms with E-state index < -0.39 is 0 Å². The molecule has 0 aliphatic carbocycles. The van der Waals surface area contributed by atoms with Gasteiger partial charge in [0.05, 0.1) is 0 Å². The minimum Gasteiger partial charge on any atom is -0.368 e. The lowest BCUT2D eigenvalue weighted by molar-refractivity contribution is 0.355. The smallest absolute Gasteiger partial charge is 0.232 e. The first-order valence-electron chi connectivity index (χ1n) is 11.9. The molecular formula is C25H35N7S. The Bertz CT molecular complexity index is 933. The van der Waals surface area contributed by atoms with E-state index >= 15 is 0 Å². The van der Waals surface area contributed by atoms with Gasteiger partial charge in [0.25, 0.3) is 0 Å². The third-order valence-electron chi connectivity index (χ3n) is 6.25. The number of aromatic nitrogens is 2. The van der Waals surface area contributed by atoms with Crippen molar-refractivity contribution in [3.8, 4) is 0 Å². The fourth-order valence-corrected chi connectivity index (χ4v) is 4.97. The first-order valence-corrected chi connectivity index (χ1v) is 12.3. The van der Waals surface area contributed by atoms with Crippen LogP contribution in [0.5, 0.6) is 0 Å². The van der Waals surface area contributed by atoms with Crippen LogP contribution in [-0.4, -0.2) is 60.9 Å². The van der Waals surface area contributed by atoms with Gasteiger partial charge in [0.2, 0.25) is 5.95 Å². The Morgan fingerprint density at radius 3 is 2.24 bits per heavy atom. The third-order valence-corrected chi connectivity index (χ3v) is 6.50. The van der Waals surface area contributed by atoms with Crippen LogP contribution < -0.4 is 25.3 Å². The maximum atomic E-state index is 5.42. The van der Waals surface area contributed by atoms with Crippen LogP contribution in [-0.2, 0) is 0 Å². The predicted molar refractivity (Wildman–Crippen MR) is 142 cm³/mol. The lowest BCUT2D eigenvalue weighted by Gasteiger charge is -2.38. The lowest BCUT2D eigenvalue weighted by Crippen LogP contribution is -2.47. The summed E-state index contributed by atoms with van der Waals surface area (Å²) in [6.45, 7) is 14.8. The molecule has 8 heteroatoms. The van der Waals surface area contributed by atoms with Gasteiger partial charge in [0.1, 0.15) is 11.6 Å². The van der Waals surface area contributed by atoms with Crippen molar-refractivity contribution in [2.45, 2.75) is 20.3 Å². The highest BCUT2D eigenvalue weighted by molar-refractivity contribution is 7.80. The summed E-state index contributed by atoms with van der Waals surface area (Å²) in [5, 5.41) is 6.79. The van der Waals surface area contributed by atoms with Crippen LogP contribution >= 0.6 is 12.2 Å². The van der Waals surface area contributed by atoms with Gasteiger partial charge in [-0.25, -0.2) is 0 Å². The molecule has 2 atom stereocenters. The highest BCUT2D eigenvalue weighted by Gasteiger charge is 2.25. The van der Waals surface area contributed by atoms with Gasteiger partial charge in [-0.1, -0.05) is 38.1 Å². The molecule has 2 fully saturated rings. The van der Waals surface area contributed by atoms with Gasteiger partial charge in [0, 0.05) is 57.6 Å². The van der Waals surface area contributed by atoms with Crippen molar-refractivity contribution < 1.29 is 0 Å². The zero-order chi connectivity index (χ0) is 23.2. The number of nitrogens with one attached hydrogen (secondary N) is 2. The van der Waals surface area contributed by atoms with Crippen molar-refractivity contribution in [3.05, 3.63) is 49.1 Å². The molecule has 1 aromatic heterocycles. The van der Waals surface area contributed by atoms with E-state index in [2.05, 4.69) is 82.2 Å². The topological polar surface area (TPSA) is 59.6 Å². The van der Waals surface area contributed by atoms with Crippen LogP contribution in [0.1, 0.15) is 20.3 Å². The molecule has 4 rings (SSSR count). The Morgan fingerprint density at radius 2 is 1.61 bits per heavy atom. The highest BCUT2D eigenvalue weighted by Crippen LogP contribution is 2.29. The van der Waals surface area contributed by atoms with E-state index in [4.69, 9.17) is 22.2 Å². The van der Waals surface area contributed by atoms with E-state index in [1.165, 1.54) is 12.1 Å². The fourth-order valence-electron chi connectivity index (χ4n) is 4.80. The van der Waals surface area contributed by atoms with Crippen molar-refractivity contribution in [3.63, 3.8) is 0 Å². The maximum Gasteiger partial charge on any atom is 0.232 e. The van der Waals surface area contributed by atoms with Crippen LogP contribution in [0.3, 0.4) is 0 Å². The fraction of sp³-hybridized carbons (Fsp3) is 0.480. The highest BCUT2D eigenvalue weighted by atomic mass is 32.1. The summed E-state index contributed by atoms with van der Waals surface area (Å²) < 4.78 is 0. The molecule has 33 heavy (non-hydrogen) atoms. The number of benzene rings is 1. The van der Waals surface area contributed by atoms with E-state index in [1.807, 2.05) is 0 Å². The number of hydrogen-bond acceptors (Lipinski definition) is 6. The summed E-state index contributed by atoms with van der Waals surface area (Å²) >= 11 is 5.42. The van der Waals surface area contributed by atoms with Crippen LogP contribution in [0.2, 0.25) is 0 Å². The van der Waals surface area contributed by atoms with Crippen molar-refractivity contribution in [1.82, 2.24) is 15.3 Å². The number of hydrogen-bond donors (Lipinski definition) is 2. The Balaban J connectivity index is 1.54. The molecule has 2 N–H and O–H groups in total. The summed E-state index contributed by atoms with van der Waals surface area (Å²) in [6, 6.07) is 12.8. The molecule has 0 spiro atoms. The second-order valence-electron chi connectivity index (χ2n) is 9.19. The third kappa shape index (κ3) is 6.13. The van der Waals surface area contributed by atoms with E-state index in [0.29, 0.717) is 29.4 Å². The molecule has 1 aromatic carbocycles. The second-order valence-corrected chi connectivity index (χ2v) is 9.60. The molecule has 0 saturated carbocycles. The number of thiocarbonyl (C=S) groups is 1. The van der Waals surface area contributed by atoms with Gasteiger partial charge in [-0.15, -0.1) is 6.58 Å². The molecule has 0 unspecified atom stereocenters. The van der Waals surface area contributed by atoms with Gasteiger partial charge in [0.15, 0.2) is 5.11 Å². The molecule has 0 radical (unpaired) electrons. The zero-order valence-corrected chi connectivity index (χ0v) is 20.5. The quantitative estimate of drug-likeness (QED) is 0.494. The van der Waals surface area contributed by atoms with Gasteiger partial charge in [-0.2, -0.15) is 9.97 Å². The minimum atomic E-state index is 0.507.